The molecule has 0 atom stereocenters. The van der Waals surface area contributed by atoms with Crippen LogP contribution in [-0.4, -0.2) is 36.8 Å². The largest absolute Gasteiger partial charge is 0.493 e. The number of hydrogen-bond acceptors (Lipinski definition) is 5. The summed E-state index contributed by atoms with van der Waals surface area (Å²) in [5.41, 5.74) is 1.26. The maximum atomic E-state index is 12.3. The van der Waals surface area contributed by atoms with E-state index in [1.165, 1.54) is 13.3 Å². The van der Waals surface area contributed by atoms with E-state index in [0.29, 0.717) is 39.8 Å². The minimum Gasteiger partial charge on any atom is -0.493 e. The third kappa shape index (κ3) is 3.28. The van der Waals surface area contributed by atoms with Gasteiger partial charge in [0.2, 0.25) is 0 Å². The highest BCUT2D eigenvalue weighted by atomic mass is 35.5. The van der Waals surface area contributed by atoms with Crippen molar-refractivity contribution < 1.29 is 19.1 Å². The molecule has 0 saturated carbocycles. The van der Waals surface area contributed by atoms with Crippen molar-refractivity contribution >= 4 is 29.6 Å². The first-order valence-corrected chi connectivity index (χ1v) is 8.46. The topological polar surface area (TPSA) is 68.2 Å². The summed E-state index contributed by atoms with van der Waals surface area (Å²) in [5.74, 6) is -0.00530. The Labute approximate surface area is 156 Å². The molecule has 0 radical (unpaired) electrons. The van der Waals surface area contributed by atoms with Crippen LogP contribution in [0.4, 0.5) is 0 Å². The zero-order valence-electron chi connectivity index (χ0n) is 14.4. The number of amides is 2. The number of imide groups is 1. The fraction of sp³-hybridized carbons (Fsp3) is 0.211. The summed E-state index contributed by atoms with van der Waals surface area (Å²) in [6.45, 7) is 2.50. The van der Waals surface area contributed by atoms with Gasteiger partial charge in [0.25, 0.3) is 11.8 Å². The predicted molar refractivity (Wildman–Crippen MR) is 98.3 cm³/mol. The van der Waals surface area contributed by atoms with Crippen LogP contribution >= 0.6 is 11.6 Å². The minimum atomic E-state index is -0.456. The van der Waals surface area contributed by atoms with Gasteiger partial charge in [-0.3, -0.25) is 9.59 Å². The van der Waals surface area contributed by atoms with Crippen molar-refractivity contribution in [2.75, 3.05) is 13.7 Å². The Morgan fingerprint density at radius 2 is 1.81 bits per heavy atom. The van der Waals surface area contributed by atoms with Gasteiger partial charge in [0.15, 0.2) is 11.5 Å². The second kappa shape index (κ2) is 7.58. The minimum absolute atomic E-state index is 0.341. The molecule has 2 aromatic rings. The number of halogens is 1. The Morgan fingerprint density at radius 3 is 2.38 bits per heavy atom. The van der Waals surface area contributed by atoms with E-state index in [9.17, 15) is 9.59 Å². The first-order chi connectivity index (χ1) is 12.6. The third-order valence-electron chi connectivity index (χ3n) is 3.80. The van der Waals surface area contributed by atoms with Crippen molar-refractivity contribution in [3.8, 4) is 11.5 Å². The lowest BCUT2D eigenvalue weighted by atomic mass is 10.1. The second-order valence-electron chi connectivity index (χ2n) is 5.59. The molecule has 1 heterocycles. The number of methoxy groups -OCH3 is 1. The lowest BCUT2D eigenvalue weighted by Gasteiger charge is -2.13. The molecule has 0 aromatic heterocycles. The fourth-order valence-corrected chi connectivity index (χ4v) is 2.84. The van der Waals surface area contributed by atoms with E-state index >= 15 is 0 Å². The lowest BCUT2D eigenvalue weighted by Crippen LogP contribution is -2.24. The van der Waals surface area contributed by atoms with Gasteiger partial charge in [-0.15, -0.1) is 0 Å². The van der Waals surface area contributed by atoms with E-state index in [-0.39, 0.29) is 0 Å². The normalized spacial score (nSPS) is 13.4. The molecule has 0 saturated heterocycles. The molecule has 3 rings (SSSR count). The molecule has 0 spiro atoms. The van der Waals surface area contributed by atoms with Crippen LogP contribution in [0.2, 0.25) is 5.02 Å². The van der Waals surface area contributed by atoms with Gasteiger partial charge in [0, 0.05) is 0 Å². The molecule has 0 unspecified atom stereocenters. The standard InChI is InChI=1S/C19H17ClN2O4/c1-3-8-26-17-15(20)9-12(10-16(17)25-2)11-21-22-18(23)13-6-4-5-7-14(13)19(22)24/h4-7,9-11H,3,8H2,1-2H3/b21-11-. The number of hydrazone groups is 1. The lowest BCUT2D eigenvalue weighted by molar-refractivity contribution is 0.0660. The van der Waals surface area contributed by atoms with Crippen LogP contribution in [0.1, 0.15) is 39.6 Å². The highest BCUT2D eigenvalue weighted by Crippen LogP contribution is 2.36. The number of hydrogen-bond donors (Lipinski definition) is 0. The van der Waals surface area contributed by atoms with Gasteiger partial charge in [-0.1, -0.05) is 30.7 Å². The molecular formula is C19H17ClN2O4. The van der Waals surface area contributed by atoms with Crippen LogP contribution in [0, 0.1) is 0 Å². The van der Waals surface area contributed by atoms with Crippen molar-refractivity contribution in [1.82, 2.24) is 5.01 Å². The SMILES string of the molecule is CCCOc1c(Cl)cc(/C=N\N2C(=O)c3ccccc3C2=O)cc1OC. The average molecular weight is 373 g/mol. The predicted octanol–water partition coefficient (Wildman–Crippen LogP) is 3.77. The number of benzene rings is 2. The van der Waals surface area contributed by atoms with Crippen molar-refractivity contribution in [2.24, 2.45) is 5.10 Å². The molecule has 1 aliphatic rings. The average Bonchev–Trinajstić information content (AvgIpc) is 2.89. The third-order valence-corrected chi connectivity index (χ3v) is 4.08. The van der Waals surface area contributed by atoms with Crippen LogP contribution in [0.15, 0.2) is 41.5 Å². The molecular weight excluding hydrogens is 356 g/mol. The smallest absolute Gasteiger partial charge is 0.282 e. The molecule has 6 nitrogen and oxygen atoms in total. The Morgan fingerprint density at radius 1 is 1.15 bits per heavy atom. The second-order valence-corrected chi connectivity index (χ2v) is 6.00. The maximum absolute atomic E-state index is 12.3. The zero-order valence-corrected chi connectivity index (χ0v) is 15.1. The van der Waals surface area contributed by atoms with Crippen LogP contribution in [0.5, 0.6) is 11.5 Å². The Kier molecular flexibility index (Phi) is 5.23. The van der Waals surface area contributed by atoms with Gasteiger partial charge in [0.05, 0.1) is 36.1 Å². The Bertz CT molecular complexity index is 860. The van der Waals surface area contributed by atoms with Gasteiger partial charge in [-0.05, 0) is 36.2 Å². The summed E-state index contributed by atoms with van der Waals surface area (Å²) < 4.78 is 10.9. The van der Waals surface area contributed by atoms with Gasteiger partial charge >= 0.3 is 0 Å². The van der Waals surface area contributed by atoms with E-state index in [2.05, 4.69) is 5.10 Å². The van der Waals surface area contributed by atoms with E-state index in [0.717, 1.165) is 11.4 Å². The van der Waals surface area contributed by atoms with Crippen molar-refractivity contribution in [3.05, 3.63) is 58.1 Å². The zero-order chi connectivity index (χ0) is 18.7. The number of ether oxygens (including phenoxy) is 2. The number of carbonyl (C=O) groups excluding carboxylic acids is 2. The van der Waals surface area contributed by atoms with Crippen LogP contribution in [0.3, 0.4) is 0 Å². The maximum Gasteiger partial charge on any atom is 0.282 e. The monoisotopic (exact) mass is 372 g/mol. The first-order valence-electron chi connectivity index (χ1n) is 8.09. The molecule has 0 N–H and O–H groups in total. The van der Waals surface area contributed by atoms with Gasteiger partial charge in [-0.25, -0.2) is 0 Å². The van der Waals surface area contributed by atoms with E-state index in [4.69, 9.17) is 21.1 Å². The van der Waals surface area contributed by atoms with E-state index in [1.807, 2.05) is 6.92 Å². The summed E-state index contributed by atoms with van der Waals surface area (Å²) in [6, 6.07) is 9.93. The van der Waals surface area contributed by atoms with Crippen LogP contribution in [0.25, 0.3) is 0 Å². The highest BCUT2D eigenvalue weighted by molar-refractivity contribution is 6.32. The van der Waals surface area contributed by atoms with Crippen molar-refractivity contribution in [2.45, 2.75) is 13.3 Å². The molecule has 134 valence electrons. The number of rotatable bonds is 6. The fourth-order valence-electron chi connectivity index (χ4n) is 2.56. The van der Waals surface area contributed by atoms with Gasteiger partial charge in [-0.2, -0.15) is 10.1 Å². The molecule has 1 aliphatic heterocycles. The summed E-state index contributed by atoms with van der Waals surface area (Å²) in [4.78, 5) is 24.6. The Hall–Kier alpha value is -2.86. The summed E-state index contributed by atoms with van der Waals surface area (Å²) >= 11 is 6.26. The first kappa shape index (κ1) is 17.9. The molecule has 2 amide bonds. The summed E-state index contributed by atoms with van der Waals surface area (Å²) in [6.07, 6.45) is 2.22. The summed E-state index contributed by atoms with van der Waals surface area (Å²) in [7, 11) is 1.51. The van der Waals surface area contributed by atoms with Crippen molar-refractivity contribution in [1.29, 1.82) is 0 Å². The van der Waals surface area contributed by atoms with Gasteiger partial charge in [0.1, 0.15) is 0 Å². The quantitative estimate of drug-likeness (QED) is 0.571. The molecule has 0 aliphatic carbocycles. The summed E-state index contributed by atoms with van der Waals surface area (Å²) in [5, 5.41) is 5.24. The van der Waals surface area contributed by atoms with E-state index < -0.39 is 11.8 Å². The molecule has 26 heavy (non-hydrogen) atoms. The number of fused-ring (bicyclic) bond motifs is 1. The Balaban J connectivity index is 1.86. The van der Waals surface area contributed by atoms with Crippen molar-refractivity contribution in [3.63, 3.8) is 0 Å². The number of carbonyl (C=O) groups is 2. The van der Waals surface area contributed by atoms with Gasteiger partial charge < -0.3 is 9.47 Å². The highest BCUT2D eigenvalue weighted by Gasteiger charge is 2.35. The van der Waals surface area contributed by atoms with Crippen LogP contribution < -0.4 is 9.47 Å². The van der Waals surface area contributed by atoms with E-state index in [1.54, 1.807) is 36.4 Å². The molecule has 0 fully saturated rings. The number of nitrogens with zero attached hydrogens (tertiary/aromatic N) is 2. The molecule has 0 bridgehead atoms. The molecule has 7 heteroatoms. The molecule has 2 aromatic carbocycles. The van der Waals surface area contributed by atoms with Crippen LogP contribution in [-0.2, 0) is 0 Å².